The third-order valence-corrected chi connectivity index (χ3v) is 2.59. The maximum absolute atomic E-state index is 11.4. The van der Waals surface area contributed by atoms with Crippen LogP contribution in [0.5, 0.6) is 5.75 Å². The SMILES string of the molecule is COc1ccccc1CCNc1n[nH]c(=O)[nH]c1=O. The van der Waals surface area contributed by atoms with E-state index in [-0.39, 0.29) is 5.82 Å². The highest BCUT2D eigenvalue weighted by atomic mass is 16.5. The monoisotopic (exact) mass is 262 g/mol. The molecule has 2 rings (SSSR count). The first-order valence-corrected chi connectivity index (χ1v) is 5.75. The Bertz CT molecular complexity index is 662. The Kier molecular flexibility index (Phi) is 3.97. The van der Waals surface area contributed by atoms with Crippen LogP contribution < -0.4 is 21.3 Å². The Morgan fingerprint density at radius 2 is 2.11 bits per heavy atom. The van der Waals surface area contributed by atoms with Gasteiger partial charge in [-0.3, -0.25) is 9.78 Å². The number of H-pyrrole nitrogens is 2. The number of rotatable bonds is 5. The summed E-state index contributed by atoms with van der Waals surface area (Å²) in [6.07, 6.45) is 0.671. The minimum atomic E-state index is -0.625. The van der Waals surface area contributed by atoms with Crippen molar-refractivity contribution in [2.45, 2.75) is 6.42 Å². The van der Waals surface area contributed by atoms with E-state index in [4.69, 9.17) is 4.74 Å². The standard InChI is InChI=1S/C12H14N4O3/c1-19-9-5-3-2-4-8(9)6-7-13-10-11(17)14-12(18)16-15-10/h2-5H,6-7H2,1H3,(H,13,15)(H2,14,16,17,18). The summed E-state index contributed by atoms with van der Waals surface area (Å²) in [5, 5.41) is 8.65. The third-order valence-electron chi connectivity index (χ3n) is 2.59. The van der Waals surface area contributed by atoms with Crippen LogP contribution in [0.1, 0.15) is 5.56 Å². The Hall–Kier alpha value is -2.57. The number of methoxy groups -OCH3 is 1. The molecule has 0 spiro atoms. The fraction of sp³-hybridized carbons (Fsp3) is 0.250. The number of hydrogen-bond donors (Lipinski definition) is 3. The van der Waals surface area contributed by atoms with Crippen molar-refractivity contribution in [3.05, 3.63) is 50.7 Å². The van der Waals surface area contributed by atoms with Gasteiger partial charge in [-0.2, -0.15) is 0 Å². The summed E-state index contributed by atoms with van der Waals surface area (Å²) in [5.74, 6) is 0.891. The third kappa shape index (κ3) is 3.21. The zero-order chi connectivity index (χ0) is 13.7. The zero-order valence-electron chi connectivity index (χ0n) is 10.4. The van der Waals surface area contributed by atoms with Crippen LogP contribution in [0.4, 0.5) is 5.82 Å². The van der Waals surface area contributed by atoms with Crippen LogP contribution >= 0.6 is 0 Å². The second kappa shape index (κ2) is 5.85. The minimum absolute atomic E-state index is 0.0921. The van der Waals surface area contributed by atoms with Crippen molar-refractivity contribution < 1.29 is 4.74 Å². The number of ether oxygens (including phenoxy) is 1. The average molecular weight is 262 g/mol. The van der Waals surface area contributed by atoms with E-state index in [1.165, 1.54) is 0 Å². The molecule has 0 aliphatic heterocycles. The van der Waals surface area contributed by atoms with Crippen LogP contribution in [0, 0.1) is 0 Å². The second-order valence-corrected chi connectivity index (χ2v) is 3.84. The van der Waals surface area contributed by atoms with E-state index in [1.54, 1.807) is 7.11 Å². The number of benzene rings is 1. The summed E-state index contributed by atoms with van der Waals surface area (Å²) in [6.45, 7) is 0.502. The van der Waals surface area contributed by atoms with E-state index in [0.717, 1.165) is 11.3 Å². The Balaban J connectivity index is 2.00. The largest absolute Gasteiger partial charge is 0.496 e. The van der Waals surface area contributed by atoms with E-state index in [9.17, 15) is 9.59 Å². The molecule has 1 aromatic heterocycles. The number of para-hydroxylation sites is 1. The van der Waals surface area contributed by atoms with Crippen molar-refractivity contribution in [1.82, 2.24) is 15.2 Å². The summed E-state index contributed by atoms with van der Waals surface area (Å²) >= 11 is 0. The Morgan fingerprint density at radius 1 is 1.32 bits per heavy atom. The molecule has 100 valence electrons. The van der Waals surface area contributed by atoms with Gasteiger partial charge in [-0.05, 0) is 18.1 Å². The van der Waals surface area contributed by atoms with E-state index < -0.39 is 11.2 Å². The first-order valence-electron chi connectivity index (χ1n) is 5.75. The lowest BCUT2D eigenvalue weighted by Crippen LogP contribution is -2.27. The van der Waals surface area contributed by atoms with Gasteiger partial charge in [0.1, 0.15) is 5.75 Å². The lowest BCUT2D eigenvalue weighted by molar-refractivity contribution is 0.410. The van der Waals surface area contributed by atoms with Gasteiger partial charge in [0.25, 0.3) is 5.56 Å². The molecule has 0 amide bonds. The molecule has 0 saturated carbocycles. The summed E-state index contributed by atoms with van der Waals surface area (Å²) in [5.41, 5.74) is -0.137. The molecule has 0 unspecified atom stereocenters. The quantitative estimate of drug-likeness (QED) is 0.710. The van der Waals surface area contributed by atoms with Crippen LogP contribution in [-0.4, -0.2) is 28.8 Å². The molecule has 0 radical (unpaired) electrons. The number of aromatic amines is 2. The highest BCUT2D eigenvalue weighted by Gasteiger charge is 2.03. The van der Waals surface area contributed by atoms with Crippen LogP contribution in [0.15, 0.2) is 33.9 Å². The predicted octanol–water partition coefficient (Wildman–Crippen LogP) is 0.121. The lowest BCUT2D eigenvalue weighted by atomic mass is 10.1. The first-order chi connectivity index (χ1) is 9.20. The van der Waals surface area contributed by atoms with Crippen molar-refractivity contribution in [3.63, 3.8) is 0 Å². The summed E-state index contributed by atoms with van der Waals surface area (Å²) < 4.78 is 5.23. The van der Waals surface area contributed by atoms with E-state index in [0.29, 0.717) is 13.0 Å². The predicted molar refractivity (Wildman–Crippen MR) is 70.7 cm³/mol. The summed E-state index contributed by atoms with van der Waals surface area (Å²) in [4.78, 5) is 24.3. The Labute approximate surface area is 108 Å². The molecule has 19 heavy (non-hydrogen) atoms. The number of nitrogens with one attached hydrogen (secondary N) is 3. The minimum Gasteiger partial charge on any atom is -0.496 e. The highest BCUT2D eigenvalue weighted by molar-refractivity contribution is 5.35. The second-order valence-electron chi connectivity index (χ2n) is 3.84. The highest BCUT2D eigenvalue weighted by Crippen LogP contribution is 2.17. The molecule has 0 aliphatic carbocycles. The molecule has 3 N–H and O–H groups in total. The van der Waals surface area contributed by atoms with Gasteiger partial charge in [-0.1, -0.05) is 18.2 Å². The maximum atomic E-state index is 11.4. The molecule has 0 atom stereocenters. The van der Waals surface area contributed by atoms with Gasteiger partial charge in [0, 0.05) is 6.54 Å². The normalized spacial score (nSPS) is 10.2. The summed E-state index contributed by atoms with van der Waals surface area (Å²) in [6, 6.07) is 7.64. The van der Waals surface area contributed by atoms with Gasteiger partial charge in [-0.15, -0.1) is 5.10 Å². The van der Waals surface area contributed by atoms with Crippen molar-refractivity contribution in [2.75, 3.05) is 19.0 Å². The molecule has 0 aliphatic rings. The van der Waals surface area contributed by atoms with Crippen molar-refractivity contribution >= 4 is 5.82 Å². The number of anilines is 1. The van der Waals surface area contributed by atoms with Gasteiger partial charge in [0.05, 0.1) is 7.11 Å². The number of nitrogens with zero attached hydrogens (tertiary/aromatic N) is 1. The van der Waals surface area contributed by atoms with E-state index in [2.05, 4.69) is 20.5 Å². The molecular formula is C12H14N4O3. The topological polar surface area (TPSA) is 99.9 Å². The Morgan fingerprint density at radius 3 is 2.84 bits per heavy atom. The van der Waals surface area contributed by atoms with Crippen LogP contribution in [0.3, 0.4) is 0 Å². The first kappa shape index (κ1) is 12.9. The van der Waals surface area contributed by atoms with Crippen molar-refractivity contribution in [1.29, 1.82) is 0 Å². The zero-order valence-corrected chi connectivity index (χ0v) is 10.4. The van der Waals surface area contributed by atoms with Gasteiger partial charge in [0.15, 0.2) is 0 Å². The molecule has 7 heteroatoms. The van der Waals surface area contributed by atoms with Gasteiger partial charge < -0.3 is 10.1 Å². The molecule has 7 nitrogen and oxygen atoms in total. The molecule has 0 bridgehead atoms. The van der Waals surface area contributed by atoms with Crippen LogP contribution in [0.25, 0.3) is 0 Å². The lowest BCUT2D eigenvalue weighted by Gasteiger charge is -2.08. The van der Waals surface area contributed by atoms with Gasteiger partial charge in [0.2, 0.25) is 5.82 Å². The van der Waals surface area contributed by atoms with Crippen molar-refractivity contribution in [3.8, 4) is 5.75 Å². The molecule has 2 aromatic rings. The molecular weight excluding hydrogens is 248 g/mol. The van der Waals surface area contributed by atoms with E-state index in [1.807, 2.05) is 24.3 Å². The van der Waals surface area contributed by atoms with Crippen molar-refractivity contribution in [2.24, 2.45) is 0 Å². The van der Waals surface area contributed by atoms with Gasteiger partial charge in [-0.25, -0.2) is 9.89 Å². The smallest absolute Gasteiger partial charge is 0.342 e. The van der Waals surface area contributed by atoms with Crippen LogP contribution in [0.2, 0.25) is 0 Å². The molecule has 1 aromatic carbocycles. The molecule has 0 fully saturated rings. The average Bonchev–Trinajstić information content (AvgIpc) is 2.42. The fourth-order valence-corrected chi connectivity index (χ4v) is 1.69. The van der Waals surface area contributed by atoms with E-state index >= 15 is 0 Å². The van der Waals surface area contributed by atoms with Gasteiger partial charge >= 0.3 is 5.69 Å². The number of aromatic nitrogens is 3. The van der Waals surface area contributed by atoms with Crippen LogP contribution in [-0.2, 0) is 6.42 Å². The maximum Gasteiger partial charge on any atom is 0.342 e. The fourth-order valence-electron chi connectivity index (χ4n) is 1.69. The molecule has 0 saturated heterocycles. The molecule has 1 heterocycles. The number of hydrogen-bond acceptors (Lipinski definition) is 5. The summed E-state index contributed by atoms with van der Waals surface area (Å²) in [7, 11) is 1.61.